The highest BCUT2D eigenvalue weighted by Gasteiger charge is 2.32. The lowest BCUT2D eigenvalue weighted by Gasteiger charge is -2.27. The Bertz CT molecular complexity index is 1060. The van der Waals surface area contributed by atoms with Gasteiger partial charge in [0.2, 0.25) is 0 Å². The zero-order valence-electron chi connectivity index (χ0n) is 17.7. The number of methoxy groups -OCH3 is 1. The van der Waals surface area contributed by atoms with Gasteiger partial charge in [0.15, 0.2) is 0 Å². The molecular weight excluding hydrogens is 404 g/mol. The van der Waals surface area contributed by atoms with Crippen LogP contribution in [0.2, 0.25) is 0 Å². The summed E-state index contributed by atoms with van der Waals surface area (Å²) in [5.74, 6) is -0.533. The Morgan fingerprint density at radius 3 is 2.00 bits per heavy atom. The highest BCUT2D eigenvalue weighted by molar-refractivity contribution is 7.90. The van der Waals surface area contributed by atoms with E-state index in [1.54, 1.807) is 19.9 Å². The Labute approximate surface area is 177 Å². The molecule has 2 aromatic rings. The van der Waals surface area contributed by atoms with Crippen LogP contribution in [0.25, 0.3) is 0 Å². The molecule has 1 aromatic carbocycles. The molecule has 1 aromatic heterocycles. The maximum absolute atomic E-state index is 13.6. The van der Waals surface area contributed by atoms with E-state index in [1.165, 1.54) is 13.2 Å². The summed E-state index contributed by atoms with van der Waals surface area (Å²) in [5.41, 5.74) is 2.81. The molecule has 3 heterocycles. The number of aryl methyl sites for hydroxylation is 2. The fourth-order valence-corrected chi connectivity index (χ4v) is 5.98. The van der Waals surface area contributed by atoms with Crippen molar-refractivity contribution in [3.8, 4) is 0 Å². The van der Waals surface area contributed by atoms with Crippen LogP contribution in [-0.2, 0) is 14.8 Å². The number of rotatable bonds is 5. The van der Waals surface area contributed by atoms with Crippen molar-refractivity contribution in [1.82, 2.24) is 9.19 Å². The maximum atomic E-state index is 13.6. The first-order valence-electron chi connectivity index (χ1n) is 10.4. The van der Waals surface area contributed by atoms with Crippen LogP contribution < -0.4 is 9.80 Å². The van der Waals surface area contributed by atoms with Crippen molar-refractivity contribution in [1.29, 1.82) is 0 Å². The fraction of sp³-hybridized carbons (Fsp3) is 0.524. The molecular formula is C21H28N4O4S. The zero-order valence-corrected chi connectivity index (χ0v) is 18.5. The predicted octanol–water partition coefficient (Wildman–Crippen LogP) is 2.72. The minimum absolute atomic E-state index is 0.0962. The van der Waals surface area contributed by atoms with Crippen molar-refractivity contribution in [3.05, 3.63) is 35.2 Å². The van der Waals surface area contributed by atoms with Gasteiger partial charge in [-0.15, -0.1) is 0 Å². The number of aromatic nitrogens is 2. The van der Waals surface area contributed by atoms with E-state index in [0.29, 0.717) is 17.1 Å². The molecule has 0 unspecified atom stereocenters. The quantitative estimate of drug-likeness (QED) is 0.672. The number of ether oxygens (including phenoxy) is 1. The number of esters is 1. The van der Waals surface area contributed by atoms with Crippen LogP contribution in [0.1, 0.15) is 47.4 Å². The lowest BCUT2D eigenvalue weighted by molar-refractivity contribution is 0.0601. The van der Waals surface area contributed by atoms with Gasteiger partial charge in [-0.05, 0) is 57.7 Å². The monoisotopic (exact) mass is 432 g/mol. The van der Waals surface area contributed by atoms with Gasteiger partial charge in [0, 0.05) is 26.2 Å². The van der Waals surface area contributed by atoms with Crippen molar-refractivity contribution in [2.45, 2.75) is 44.4 Å². The summed E-state index contributed by atoms with van der Waals surface area (Å²) in [4.78, 5) is 17.0. The summed E-state index contributed by atoms with van der Waals surface area (Å²) in [7, 11) is -2.66. The molecule has 2 fully saturated rings. The van der Waals surface area contributed by atoms with Crippen molar-refractivity contribution in [3.63, 3.8) is 0 Å². The van der Waals surface area contributed by atoms with Gasteiger partial charge in [-0.25, -0.2) is 4.79 Å². The third-order valence-electron chi connectivity index (χ3n) is 5.85. The molecule has 0 radical (unpaired) electrons. The van der Waals surface area contributed by atoms with E-state index in [-0.39, 0.29) is 10.5 Å². The smallest absolute Gasteiger partial charge is 0.340 e. The molecule has 4 rings (SSSR count). The molecule has 2 aliphatic heterocycles. The summed E-state index contributed by atoms with van der Waals surface area (Å²) in [5, 5.41) is 4.20. The van der Waals surface area contributed by atoms with Gasteiger partial charge in [0.1, 0.15) is 4.90 Å². The van der Waals surface area contributed by atoms with Crippen molar-refractivity contribution < 1.29 is 17.9 Å². The first-order chi connectivity index (χ1) is 14.3. The molecule has 0 bridgehead atoms. The van der Waals surface area contributed by atoms with Crippen LogP contribution in [0.15, 0.2) is 23.1 Å². The number of carbonyl (C=O) groups is 1. The second kappa shape index (κ2) is 7.94. The molecule has 0 saturated carbocycles. The Morgan fingerprint density at radius 1 is 0.933 bits per heavy atom. The van der Waals surface area contributed by atoms with E-state index in [4.69, 9.17) is 4.74 Å². The number of hydrogen-bond acceptors (Lipinski definition) is 7. The molecule has 0 spiro atoms. The average molecular weight is 433 g/mol. The minimum Gasteiger partial charge on any atom is -0.465 e. The van der Waals surface area contributed by atoms with Gasteiger partial charge in [0.05, 0.1) is 35.4 Å². The normalized spacial score (nSPS) is 17.0. The Morgan fingerprint density at radius 2 is 1.50 bits per heavy atom. The third kappa shape index (κ3) is 3.55. The molecule has 162 valence electrons. The second-order valence-corrected chi connectivity index (χ2v) is 9.73. The molecule has 0 amide bonds. The maximum Gasteiger partial charge on any atom is 0.340 e. The lowest BCUT2D eigenvalue weighted by atomic mass is 10.1. The summed E-state index contributed by atoms with van der Waals surface area (Å²) in [6.45, 7) is 6.73. The van der Waals surface area contributed by atoms with Crippen molar-refractivity contribution in [2.24, 2.45) is 0 Å². The van der Waals surface area contributed by atoms with Crippen LogP contribution in [0.5, 0.6) is 0 Å². The van der Waals surface area contributed by atoms with Crippen molar-refractivity contribution >= 4 is 27.4 Å². The number of nitrogens with zero attached hydrogens (tertiary/aromatic N) is 4. The van der Waals surface area contributed by atoms with Gasteiger partial charge >= 0.3 is 5.97 Å². The first kappa shape index (κ1) is 20.7. The van der Waals surface area contributed by atoms with Crippen LogP contribution in [0.4, 0.5) is 11.4 Å². The molecule has 0 atom stereocenters. The standard InChI is InChI=1S/C21H28N4O4S/c1-15-12-16(2)25(22-15)30(27,28)20-13-17(21(26)29-3)18(23-8-4-5-9-23)14-19(20)24-10-6-7-11-24/h12-14H,4-11H2,1-3H3. The van der Waals surface area contributed by atoms with E-state index in [9.17, 15) is 13.2 Å². The molecule has 0 aliphatic carbocycles. The molecule has 30 heavy (non-hydrogen) atoms. The largest absolute Gasteiger partial charge is 0.465 e. The second-order valence-electron chi connectivity index (χ2n) is 7.99. The SMILES string of the molecule is COC(=O)c1cc(S(=O)(=O)n2nc(C)cc2C)c(N2CCCC2)cc1N1CCCC1. The van der Waals surface area contributed by atoms with E-state index >= 15 is 0 Å². The molecule has 8 nitrogen and oxygen atoms in total. The van der Waals surface area contributed by atoms with Gasteiger partial charge in [0.25, 0.3) is 10.0 Å². The number of anilines is 2. The van der Waals surface area contributed by atoms with E-state index in [2.05, 4.69) is 14.9 Å². The van der Waals surface area contributed by atoms with Crippen LogP contribution in [0.3, 0.4) is 0 Å². The van der Waals surface area contributed by atoms with Crippen molar-refractivity contribution in [2.75, 3.05) is 43.1 Å². The summed E-state index contributed by atoms with van der Waals surface area (Å²) < 4.78 is 33.4. The predicted molar refractivity (Wildman–Crippen MR) is 115 cm³/mol. The zero-order chi connectivity index (χ0) is 21.5. The average Bonchev–Trinajstić information content (AvgIpc) is 3.48. The molecule has 9 heteroatoms. The highest BCUT2D eigenvalue weighted by atomic mass is 32.2. The Balaban J connectivity index is 1.96. The van der Waals surface area contributed by atoms with Gasteiger partial charge < -0.3 is 14.5 Å². The summed E-state index contributed by atoms with van der Waals surface area (Å²) in [6, 6.07) is 5.08. The van der Waals surface area contributed by atoms with Crippen LogP contribution >= 0.6 is 0 Å². The highest BCUT2D eigenvalue weighted by Crippen LogP contribution is 2.38. The Kier molecular flexibility index (Phi) is 5.48. The topological polar surface area (TPSA) is 84.7 Å². The fourth-order valence-electron chi connectivity index (χ4n) is 4.41. The van der Waals surface area contributed by atoms with Gasteiger partial charge in [-0.1, -0.05) is 0 Å². The number of benzene rings is 1. The van der Waals surface area contributed by atoms with E-state index in [0.717, 1.165) is 61.6 Å². The molecule has 0 N–H and O–H groups in total. The van der Waals surface area contributed by atoms with Gasteiger partial charge in [-0.2, -0.15) is 17.6 Å². The molecule has 2 saturated heterocycles. The molecule has 2 aliphatic rings. The van der Waals surface area contributed by atoms with Gasteiger partial charge in [-0.3, -0.25) is 0 Å². The summed E-state index contributed by atoms with van der Waals surface area (Å²) in [6.07, 6.45) is 4.12. The van der Waals surface area contributed by atoms with E-state index < -0.39 is 16.0 Å². The number of hydrogen-bond donors (Lipinski definition) is 0. The Hall–Kier alpha value is -2.55. The summed E-state index contributed by atoms with van der Waals surface area (Å²) >= 11 is 0. The van der Waals surface area contributed by atoms with E-state index in [1.807, 2.05) is 6.07 Å². The first-order valence-corrected chi connectivity index (χ1v) is 11.8. The third-order valence-corrected chi connectivity index (χ3v) is 7.56. The van der Waals surface area contributed by atoms with Crippen LogP contribution in [0, 0.1) is 13.8 Å². The number of carbonyl (C=O) groups excluding carboxylic acids is 1. The minimum atomic E-state index is -3.98. The van der Waals surface area contributed by atoms with Crippen LogP contribution in [-0.4, -0.2) is 56.9 Å². The lowest BCUT2D eigenvalue weighted by Crippen LogP contribution is -2.27.